The largest absolute Gasteiger partial charge is 0.478 e. The van der Waals surface area contributed by atoms with E-state index in [2.05, 4.69) is 4.98 Å². The Labute approximate surface area is 82.8 Å². The lowest BCUT2D eigenvalue weighted by molar-refractivity contribution is 0.0696. The quantitative estimate of drug-likeness (QED) is 0.762. The van der Waals surface area contributed by atoms with Gasteiger partial charge in [-0.25, -0.2) is 4.79 Å². The molecule has 0 atom stereocenters. The van der Waals surface area contributed by atoms with Gasteiger partial charge in [0.05, 0.1) is 20.7 Å². The van der Waals surface area contributed by atoms with Crippen molar-refractivity contribution < 1.29 is 14.7 Å². The minimum absolute atomic E-state index is 0.136. The van der Waals surface area contributed by atoms with Crippen molar-refractivity contribution in [3.05, 3.63) is 28.8 Å². The fraction of sp³-hybridized carbons (Fsp3) is 0. The summed E-state index contributed by atoms with van der Waals surface area (Å²) in [6.07, 6.45) is 2.01. The number of aromatic carboxylic acids is 1. The van der Waals surface area contributed by atoms with Crippen LogP contribution in [0.15, 0.2) is 18.3 Å². The number of aldehydes is 1. The molecular weight excluding hydrogens is 202 g/mol. The van der Waals surface area contributed by atoms with Gasteiger partial charge in [-0.2, -0.15) is 0 Å². The van der Waals surface area contributed by atoms with Gasteiger partial charge in [0, 0.05) is 6.20 Å². The third-order valence-corrected chi connectivity index (χ3v) is 2.75. The highest BCUT2D eigenvalue weighted by Gasteiger charge is 2.07. The molecule has 0 saturated carbocycles. The smallest absolute Gasteiger partial charge is 0.337 e. The Hall–Kier alpha value is -1.75. The molecule has 70 valence electrons. The maximum Gasteiger partial charge on any atom is 0.337 e. The van der Waals surface area contributed by atoms with Gasteiger partial charge in [-0.05, 0) is 12.1 Å². The molecule has 2 heterocycles. The number of nitrogens with zero attached hydrogens (tertiary/aromatic N) is 1. The van der Waals surface area contributed by atoms with Crippen LogP contribution in [0.4, 0.5) is 0 Å². The van der Waals surface area contributed by atoms with E-state index < -0.39 is 5.97 Å². The number of fused-ring (bicyclic) bond motifs is 1. The molecule has 0 bridgehead atoms. The van der Waals surface area contributed by atoms with Gasteiger partial charge in [0.2, 0.25) is 0 Å². The fourth-order valence-electron chi connectivity index (χ4n) is 1.11. The van der Waals surface area contributed by atoms with Crippen LogP contribution in [0.5, 0.6) is 0 Å². The Kier molecular flexibility index (Phi) is 2.01. The lowest BCUT2D eigenvalue weighted by Gasteiger charge is -1.92. The molecule has 2 aromatic rings. The van der Waals surface area contributed by atoms with Crippen molar-refractivity contribution in [1.82, 2.24) is 4.98 Å². The van der Waals surface area contributed by atoms with Gasteiger partial charge >= 0.3 is 5.97 Å². The average Bonchev–Trinajstić information content (AvgIpc) is 2.58. The van der Waals surface area contributed by atoms with Crippen molar-refractivity contribution in [3.8, 4) is 0 Å². The maximum absolute atomic E-state index is 10.6. The first-order chi connectivity index (χ1) is 6.70. The number of thiophene rings is 1. The molecule has 4 nitrogen and oxygen atoms in total. The number of carbonyl (C=O) groups is 2. The van der Waals surface area contributed by atoms with E-state index in [-0.39, 0.29) is 5.56 Å². The van der Waals surface area contributed by atoms with E-state index in [0.29, 0.717) is 15.1 Å². The third kappa shape index (κ3) is 1.38. The number of hydrogen-bond acceptors (Lipinski definition) is 4. The molecule has 0 saturated heterocycles. The van der Waals surface area contributed by atoms with E-state index in [9.17, 15) is 9.59 Å². The molecule has 0 unspecified atom stereocenters. The van der Waals surface area contributed by atoms with Gasteiger partial charge in [-0.15, -0.1) is 11.3 Å². The molecular formula is C9H5NO3S. The van der Waals surface area contributed by atoms with Gasteiger partial charge in [0.25, 0.3) is 0 Å². The summed E-state index contributed by atoms with van der Waals surface area (Å²) in [5.41, 5.74) is 0.791. The Morgan fingerprint density at radius 1 is 1.50 bits per heavy atom. The van der Waals surface area contributed by atoms with Crippen LogP contribution in [0.3, 0.4) is 0 Å². The molecule has 0 spiro atoms. The number of hydrogen-bond donors (Lipinski definition) is 1. The van der Waals surface area contributed by atoms with Gasteiger partial charge < -0.3 is 5.11 Å². The van der Waals surface area contributed by atoms with Gasteiger partial charge in [0.1, 0.15) is 0 Å². The topological polar surface area (TPSA) is 67.3 Å². The zero-order valence-corrected chi connectivity index (χ0v) is 7.75. The van der Waals surface area contributed by atoms with Crippen LogP contribution in [-0.4, -0.2) is 22.3 Å². The van der Waals surface area contributed by atoms with Crippen LogP contribution < -0.4 is 0 Å². The van der Waals surface area contributed by atoms with E-state index in [1.165, 1.54) is 23.6 Å². The molecule has 0 radical (unpaired) electrons. The normalized spacial score (nSPS) is 10.3. The molecule has 2 rings (SSSR count). The van der Waals surface area contributed by atoms with Gasteiger partial charge in [-0.3, -0.25) is 9.78 Å². The summed E-state index contributed by atoms with van der Waals surface area (Å²) in [6, 6.07) is 3.15. The predicted molar refractivity (Wildman–Crippen MR) is 52.0 cm³/mol. The Balaban J connectivity index is 2.65. The van der Waals surface area contributed by atoms with Crippen LogP contribution in [0, 0.1) is 0 Å². The summed E-state index contributed by atoms with van der Waals surface area (Å²) < 4.78 is 0.715. The second-order valence-electron chi connectivity index (χ2n) is 2.68. The highest BCUT2D eigenvalue weighted by atomic mass is 32.1. The lowest BCUT2D eigenvalue weighted by atomic mass is 10.3. The maximum atomic E-state index is 10.6. The third-order valence-electron chi connectivity index (χ3n) is 1.75. The number of pyridine rings is 1. The lowest BCUT2D eigenvalue weighted by Crippen LogP contribution is -1.95. The van der Waals surface area contributed by atoms with Gasteiger partial charge in [0.15, 0.2) is 6.29 Å². The zero-order chi connectivity index (χ0) is 10.1. The first-order valence-electron chi connectivity index (χ1n) is 3.79. The van der Waals surface area contributed by atoms with E-state index in [4.69, 9.17) is 5.11 Å². The van der Waals surface area contributed by atoms with Crippen molar-refractivity contribution in [3.63, 3.8) is 0 Å². The SMILES string of the molecule is O=Cc1cc2ncc(C(=O)O)cc2s1. The predicted octanol–water partition coefficient (Wildman–Crippen LogP) is 1.81. The summed E-state index contributed by atoms with van der Waals surface area (Å²) in [5.74, 6) is -1.01. The van der Waals surface area contributed by atoms with E-state index >= 15 is 0 Å². The van der Waals surface area contributed by atoms with Crippen molar-refractivity contribution in [2.75, 3.05) is 0 Å². The van der Waals surface area contributed by atoms with E-state index in [1.54, 1.807) is 6.07 Å². The Bertz CT molecular complexity index is 518. The molecule has 0 aromatic carbocycles. The summed E-state index contributed by atoms with van der Waals surface area (Å²) in [6.45, 7) is 0. The molecule has 1 N–H and O–H groups in total. The molecule has 5 heteroatoms. The second kappa shape index (κ2) is 3.19. The van der Waals surface area contributed by atoms with Crippen LogP contribution in [0.2, 0.25) is 0 Å². The summed E-state index contributed by atoms with van der Waals surface area (Å²) in [5, 5.41) is 8.70. The minimum Gasteiger partial charge on any atom is -0.478 e. The summed E-state index contributed by atoms with van der Waals surface area (Å²) >= 11 is 1.23. The second-order valence-corrected chi connectivity index (χ2v) is 3.79. The Morgan fingerprint density at radius 2 is 2.29 bits per heavy atom. The highest BCUT2D eigenvalue weighted by molar-refractivity contribution is 7.20. The number of carboxylic acid groups (broad SMARTS) is 1. The minimum atomic E-state index is -1.01. The molecule has 0 aliphatic rings. The van der Waals surface area contributed by atoms with E-state index in [1.807, 2.05) is 0 Å². The number of aromatic nitrogens is 1. The van der Waals surface area contributed by atoms with Crippen molar-refractivity contribution in [2.45, 2.75) is 0 Å². The standard InChI is InChI=1S/C9H5NO3S/c11-4-6-2-7-8(14-6)1-5(3-10-7)9(12)13/h1-4H,(H,12,13). The fourth-order valence-corrected chi connectivity index (χ4v) is 1.99. The molecule has 0 aliphatic carbocycles. The van der Waals surface area contributed by atoms with Crippen molar-refractivity contribution >= 4 is 33.8 Å². The first kappa shape index (κ1) is 8.83. The first-order valence-corrected chi connectivity index (χ1v) is 4.60. The Morgan fingerprint density at radius 3 is 2.93 bits per heavy atom. The molecule has 0 aliphatic heterocycles. The number of carbonyl (C=O) groups excluding carboxylic acids is 1. The number of carboxylic acids is 1. The van der Waals surface area contributed by atoms with Crippen molar-refractivity contribution in [2.24, 2.45) is 0 Å². The molecule has 14 heavy (non-hydrogen) atoms. The average molecular weight is 207 g/mol. The molecule has 0 fully saturated rings. The van der Waals surface area contributed by atoms with Crippen molar-refractivity contribution in [1.29, 1.82) is 0 Å². The van der Waals surface area contributed by atoms with Crippen LogP contribution in [-0.2, 0) is 0 Å². The van der Waals surface area contributed by atoms with Gasteiger partial charge in [-0.1, -0.05) is 0 Å². The number of rotatable bonds is 2. The van der Waals surface area contributed by atoms with E-state index in [0.717, 1.165) is 6.29 Å². The summed E-state index contributed by atoms with van der Waals surface area (Å²) in [7, 11) is 0. The summed E-state index contributed by atoms with van der Waals surface area (Å²) in [4.78, 5) is 25.6. The molecule has 2 aromatic heterocycles. The van der Waals surface area contributed by atoms with Crippen LogP contribution in [0.25, 0.3) is 10.2 Å². The molecule has 0 amide bonds. The zero-order valence-electron chi connectivity index (χ0n) is 6.93. The van der Waals surface area contributed by atoms with Crippen LogP contribution >= 0.6 is 11.3 Å². The highest BCUT2D eigenvalue weighted by Crippen LogP contribution is 2.23. The van der Waals surface area contributed by atoms with Crippen LogP contribution in [0.1, 0.15) is 20.0 Å². The monoisotopic (exact) mass is 207 g/mol.